The van der Waals surface area contributed by atoms with Gasteiger partial charge in [0.05, 0.1) is 4.90 Å². The van der Waals surface area contributed by atoms with Crippen molar-refractivity contribution in [3.05, 3.63) is 54.7 Å². The van der Waals surface area contributed by atoms with Gasteiger partial charge in [-0.3, -0.25) is 0 Å². The van der Waals surface area contributed by atoms with Gasteiger partial charge in [0.15, 0.2) is 6.61 Å². The number of rotatable bonds is 8. The molecule has 8 nitrogen and oxygen atoms in total. The molecule has 0 unspecified atom stereocenters. The second kappa shape index (κ2) is 10.3. The molecule has 3 aromatic rings. The summed E-state index contributed by atoms with van der Waals surface area (Å²) in [5.74, 6) is -0.210. The topological polar surface area (TPSA) is 99.0 Å². The highest BCUT2D eigenvalue weighted by atomic mass is 32.2. The Morgan fingerprint density at radius 2 is 1.94 bits per heavy atom. The summed E-state index contributed by atoms with van der Waals surface area (Å²) in [6.07, 6.45) is 3.67. The third-order valence-electron chi connectivity index (χ3n) is 5.97. The molecular formula is C23H26F3N5O3S. The first-order valence-electron chi connectivity index (χ1n) is 11.3. The number of alkyl halides is 3. The smallest absolute Gasteiger partial charge is 0.422 e. The Morgan fingerprint density at radius 3 is 2.66 bits per heavy atom. The second-order valence-corrected chi connectivity index (χ2v) is 10.2. The summed E-state index contributed by atoms with van der Waals surface area (Å²) in [4.78, 5) is 3.98. The highest BCUT2D eigenvalue weighted by Gasteiger charge is 2.30. The van der Waals surface area contributed by atoms with Gasteiger partial charge in [0.1, 0.15) is 12.7 Å². The Morgan fingerprint density at radius 1 is 1.17 bits per heavy atom. The van der Waals surface area contributed by atoms with Crippen molar-refractivity contribution in [3.8, 4) is 17.0 Å². The molecule has 0 aliphatic heterocycles. The lowest BCUT2D eigenvalue weighted by Gasteiger charge is -2.30. The largest absolute Gasteiger partial charge is 0.468 e. The average Bonchev–Trinajstić information content (AvgIpc) is 3.37. The molecule has 0 amide bonds. The third kappa shape index (κ3) is 6.37. The molecular weight excluding hydrogens is 483 g/mol. The Balaban J connectivity index is 1.60. The van der Waals surface area contributed by atoms with Crippen LogP contribution >= 0.6 is 0 Å². The standard InChI is InChI=1S/C23H26F3N5O3S/c1-2-16-9-17(21-7-4-8-27-22(21)34-13-23(24,25)26)11-20(10-16)35(32,33)30-18-5-3-6-19(12-18)31-14-28-29-15-31/h4,7-11,14-15,18-19,30H,2-3,5-6,12-13H2,1H3/t18-,19+/m0/s1. The fourth-order valence-electron chi connectivity index (χ4n) is 4.28. The normalized spacial score (nSPS) is 19.0. The lowest BCUT2D eigenvalue weighted by molar-refractivity contribution is -0.154. The maximum Gasteiger partial charge on any atom is 0.422 e. The van der Waals surface area contributed by atoms with Gasteiger partial charge in [-0.1, -0.05) is 13.0 Å². The van der Waals surface area contributed by atoms with Crippen LogP contribution in [0.2, 0.25) is 0 Å². The van der Waals surface area contributed by atoms with Gasteiger partial charge >= 0.3 is 6.18 Å². The van der Waals surface area contributed by atoms with Crippen LogP contribution in [0.3, 0.4) is 0 Å². The van der Waals surface area contributed by atoms with E-state index in [-0.39, 0.29) is 28.4 Å². The first-order valence-corrected chi connectivity index (χ1v) is 12.8. The molecule has 0 radical (unpaired) electrons. The van der Waals surface area contributed by atoms with Crippen LogP contribution in [0.1, 0.15) is 44.2 Å². The first kappa shape index (κ1) is 25.1. The molecule has 0 bridgehead atoms. The van der Waals surface area contributed by atoms with Crippen LogP contribution in [0.4, 0.5) is 13.2 Å². The van der Waals surface area contributed by atoms with E-state index < -0.39 is 22.8 Å². The fraction of sp³-hybridized carbons (Fsp3) is 0.435. The summed E-state index contributed by atoms with van der Waals surface area (Å²) in [6.45, 7) is 0.380. The highest BCUT2D eigenvalue weighted by Crippen LogP contribution is 2.33. The number of aryl methyl sites for hydroxylation is 1. The van der Waals surface area contributed by atoms with Gasteiger partial charge in [-0.05, 0) is 67.5 Å². The number of pyridine rings is 1. The van der Waals surface area contributed by atoms with Crippen molar-refractivity contribution in [1.29, 1.82) is 0 Å². The van der Waals surface area contributed by atoms with Crippen LogP contribution in [-0.2, 0) is 16.4 Å². The zero-order valence-electron chi connectivity index (χ0n) is 19.1. The number of halogens is 3. The number of aromatic nitrogens is 4. The molecule has 0 saturated heterocycles. The molecule has 1 fully saturated rings. The van der Waals surface area contributed by atoms with Crippen molar-refractivity contribution >= 4 is 10.0 Å². The Bertz CT molecular complexity index is 1250. The number of hydrogen-bond donors (Lipinski definition) is 1. The summed E-state index contributed by atoms with van der Waals surface area (Å²) in [5, 5.41) is 7.66. The van der Waals surface area contributed by atoms with Gasteiger partial charge in [0.2, 0.25) is 15.9 Å². The molecule has 188 valence electrons. The molecule has 2 aromatic heterocycles. The van der Waals surface area contributed by atoms with Gasteiger partial charge in [0.25, 0.3) is 0 Å². The van der Waals surface area contributed by atoms with Gasteiger partial charge in [-0.2, -0.15) is 13.2 Å². The average molecular weight is 510 g/mol. The molecule has 1 saturated carbocycles. The molecule has 0 spiro atoms. The maximum absolute atomic E-state index is 13.3. The van der Waals surface area contributed by atoms with E-state index >= 15 is 0 Å². The van der Waals surface area contributed by atoms with Crippen molar-refractivity contribution in [2.45, 2.75) is 62.2 Å². The number of hydrogen-bond acceptors (Lipinski definition) is 6. The number of sulfonamides is 1. The van der Waals surface area contributed by atoms with E-state index in [2.05, 4.69) is 19.9 Å². The Kier molecular flexibility index (Phi) is 7.41. The molecule has 12 heteroatoms. The number of benzene rings is 1. The highest BCUT2D eigenvalue weighted by molar-refractivity contribution is 7.89. The van der Waals surface area contributed by atoms with E-state index in [1.807, 2.05) is 11.5 Å². The van der Waals surface area contributed by atoms with Crippen LogP contribution in [-0.4, -0.2) is 47.0 Å². The van der Waals surface area contributed by atoms with Crippen molar-refractivity contribution in [1.82, 2.24) is 24.5 Å². The summed E-state index contributed by atoms with van der Waals surface area (Å²) < 4.78 is 74.4. The third-order valence-corrected chi connectivity index (χ3v) is 7.47. The van der Waals surface area contributed by atoms with Gasteiger partial charge < -0.3 is 9.30 Å². The van der Waals surface area contributed by atoms with Crippen molar-refractivity contribution in [2.75, 3.05) is 6.61 Å². The van der Waals surface area contributed by atoms with Crippen LogP contribution in [0.5, 0.6) is 5.88 Å². The van der Waals surface area contributed by atoms with Gasteiger partial charge in [0, 0.05) is 23.8 Å². The van der Waals surface area contributed by atoms with Crippen LogP contribution in [0, 0.1) is 0 Å². The molecule has 4 rings (SSSR count). The molecule has 2 heterocycles. The van der Waals surface area contributed by atoms with Crippen LogP contribution in [0.15, 0.2) is 54.1 Å². The first-order chi connectivity index (χ1) is 16.6. The van der Waals surface area contributed by atoms with E-state index in [0.717, 1.165) is 18.4 Å². The van der Waals surface area contributed by atoms with Crippen LogP contribution in [0.25, 0.3) is 11.1 Å². The van der Waals surface area contributed by atoms with Gasteiger partial charge in [-0.25, -0.2) is 18.1 Å². The number of nitrogens with one attached hydrogen (secondary N) is 1. The molecule has 2 atom stereocenters. The second-order valence-electron chi connectivity index (χ2n) is 8.53. The quantitative estimate of drug-likeness (QED) is 0.486. The summed E-state index contributed by atoms with van der Waals surface area (Å²) in [7, 11) is -3.90. The minimum Gasteiger partial charge on any atom is -0.468 e. The molecule has 35 heavy (non-hydrogen) atoms. The fourth-order valence-corrected chi connectivity index (χ4v) is 5.66. The van der Waals surface area contributed by atoms with E-state index in [1.54, 1.807) is 36.9 Å². The summed E-state index contributed by atoms with van der Waals surface area (Å²) >= 11 is 0. The van der Waals surface area contributed by atoms with E-state index in [1.165, 1.54) is 12.3 Å². The lowest BCUT2D eigenvalue weighted by atomic mass is 9.91. The zero-order valence-corrected chi connectivity index (χ0v) is 19.9. The lowest BCUT2D eigenvalue weighted by Crippen LogP contribution is -2.38. The predicted octanol–water partition coefficient (Wildman–Crippen LogP) is 4.31. The van der Waals surface area contributed by atoms with E-state index in [9.17, 15) is 21.6 Å². The minimum atomic E-state index is -4.52. The molecule has 1 aliphatic rings. The summed E-state index contributed by atoms with van der Waals surface area (Å²) in [6, 6.07) is 7.72. The molecule has 1 N–H and O–H groups in total. The Hall–Kier alpha value is -2.99. The predicted molar refractivity (Wildman–Crippen MR) is 122 cm³/mol. The maximum atomic E-state index is 13.3. The van der Waals surface area contributed by atoms with Crippen LogP contribution < -0.4 is 9.46 Å². The Labute approximate surface area is 201 Å². The zero-order chi connectivity index (χ0) is 25.1. The van der Waals surface area contributed by atoms with Crippen molar-refractivity contribution in [3.63, 3.8) is 0 Å². The number of ether oxygens (including phenoxy) is 1. The molecule has 1 aliphatic carbocycles. The van der Waals surface area contributed by atoms with Crippen molar-refractivity contribution < 1.29 is 26.3 Å². The molecule has 1 aromatic carbocycles. The minimum absolute atomic E-state index is 0.0453. The monoisotopic (exact) mass is 509 g/mol. The number of nitrogens with zero attached hydrogens (tertiary/aromatic N) is 4. The van der Waals surface area contributed by atoms with E-state index in [0.29, 0.717) is 24.8 Å². The summed E-state index contributed by atoms with van der Waals surface area (Å²) in [5.41, 5.74) is 1.43. The SMILES string of the molecule is CCc1cc(-c2cccnc2OCC(F)(F)F)cc(S(=O)(=O)N[C@H]2CCC[C@@H](n3cnnc3)C2)c1. The van der Waals surface area contributed by atoms with Gasteiger partial charge in [-0.15, -0.1) is 10.2 Å². The van der Waals surface area contributed by atoms with Crippen molar-refractivity contribution in [2.24, 2.45) is 0 Å². The van der Waals surface area contributed by atoms with E-state index in [4.69, 9.17) is 4.74 Å².